The molecule has 1 unspecified atom stereocenters. The normalized spacial score (nSPS) is 28.6. The van der Waals surface area contributed by atoms with Gasteiger partial charge in [-0.15, -0.1) is 0 Å². The molecule has 0 saturated heterocycles. The summed E-state index contributed by atoms with van der Waals surface area (Å²) in [5, 5.41) is 8.62. The van der Waals surface area contributed by atoms with E-state index >= 15 is 0 Å². The van der Waals surface area contributed by atoms with Gasteiger partial charge in [0, 0.05) is 0 Å². The van der Waals surface area contributed by atoms with Gasteiger partial charge in [0.1, 0.15) is 6.10 Å². The predicted octanol–water partition coefficient (Wildman–Crippen LogP) is 1.06. The van der Waals surface area contributed by atoms with E-state index in [4.69, 9.17) is 9.84 Å². The second-order valence-corrected chi connectivity index (χ2v) is 3.65. The van der Waals surface area contributed by atoms with Crippen molar-refractivity contribution in [3.63, 3.8) is 0 Å². The first-order chi connectivity index (χ1) is 6.27. The summed E-state index contributed by atoms with van der Waals surface area (Å²) in [6.07, 6.45) is 4.84. The van der Waals surface area contributed by atoms with Crippen molar-refractivity contribution in [2.75, 3.05) is 6.54 Å². The molecule has 1 atom stereocenters. The highest BCUT2D eigenvalue weighted by atomic mass is 16.5. The van der Waals surface area contributed by atoms with E-state index < -0.39 is 5.97 Å². The van der Waals surface area contributed by atoms with E-state index in [2.05, 4.69) is 4.99 Å². The molecule has 4 heteroatoms. The molecule has 1 aliphatic heterocycles. The van der Waals surface area contributed by atoms with Gasteiger partial charge in [0.25, 0.3) is 5.90 Å². The van der Waals surface area contributed by atoms with Crippen molar-refractivity contribution in [3.8, 4) is 0 Å². The molecule has 0 spiro atoms. The molecule has 2 aliphatic rings. The minimum atomic E-state index is -1.04. The van der Waals surface area contributed by atoms with Crippen LogP contribution in [0.1, 0.15) is 25.7 Å². The second kappa shape index (κ2) is 3.36. The summed E-state index contributed by atoms with van der Waals surface area (Å²) in [4.78, 5) is 14.4. The van der Waals surface area contributed by atoms with E-state index in [1.54, 1.807) is 0 Å². The average Bonchev–Trinajstić information content (AvgIpc) is 2.75. The van der Waals surface area contributed by atoms with Crippen LogP contribution in [0.2, 0.25) is 0 Å². The topological polar surface area (TPSA) is 58.9 Å². The fourth-order valence-electron chi connectivity index (χ4n) is 2.08. The smallest absolute Gasteiger partial charge is 0.391 e. The van der Waals surface area contributed by atoms with Crippen molar-refractivity contribution >= 4 is 11.9 Å². The summed E-state index contributed by atoms with van der Waals surface area (Å²) in [5.74, 6) is -0.613. The van der Waals surface area contributed by atoms with Crippen LogP contribution in [-0.2, 0) is 9.53 Å². The summed E-state index contributed by atoms with van der Waals surface area (Å²) in [6, 6.07) is 0. The number of rotatable bonds is 2. The molecule has 4 nitrogen and oxygen atoms in total. The Morgan fingerprint density at radius 1 is 1.46 bits per heavy atom. The van der Waals surface area contributed by atoms with Crippen LogP contribution in [0.5, 0.6) is 0 Å². The number of aliphatic carboxylic acids is 1. The van der Waals surface area contributed by atoms with Gasteiger partial charge in [0.15, 0.2) is 0 Å². The number of aliphatic imine (C=N–C) groups is 1. The molecule has 1 heterocycles. The molecule has 1 N–H and O–H groups in total. The summed E-state index contributed by atoms with van der Waals surface area (Å²) in [6.45, 7) is 0.534. The lowest BCUT2D eigenvalue weighted by Crippen LogP contribution is -2.24. The first-order valence-corrected chi connectivity index (χ1v) is 4.72. The third kappa shape index (κ3) is 1.66. The molecular weight excluding hydrogens is 170 g/mol. The zero-order valence-corrected chi connectivity index (χ0v) is 7.40. The maximum atomic E-state index is 10.5. The monoisotopic (exact) mass is 183 g/mol. The SMILES string of the molecule is O=C(O)C1=NCC(C2CCCC2)O1. The number of carboxylic acids is 1. The lowest BCUT2D eigenvalue weighted by Gasteiger charge is -2.16. The van der Waals surface area contributed by atoms with E-state index in [1.807, 2.05) is 0 Å². The summed E-state index contributed by atoms with van der Waals surface area (Å²) in [5.41, 5.74) is 0. The molecule has 2 rings (SSSR count). The Kier molecular flexibility index (Phi) is 2.20. The van der Waals surface area contributed by atoms with E-state index in [9.17, 15) is 4.79 Å². The number of ether oxygens (including phenoxy) is 1. The summed E-state index contributed by atoms with van der Waals surface area (Å²) < 4.78 is 5.26. The lowest BCUT2D eigenvalue weighted by atomic mass is 10.0. The van der Waals surface area contributed by atoms with E-state index in [0.29, 0.717) is 12.5 Å². The summed E-state index contributed by atoms with van der Waals surface area (Å²) >= 11 is 0. The molecule has 0 aromatic carbocycles. The van der Waals surface area contributed by atoms with Crippen molar-refractivity contribution in [1.82, 2.24) is 0 Å². The van der Waals surface area contributed by atoms with Gasteiger partial charge >= 0.3 is 5.97 Å². The van der Waals surface area contributed by atoms with Crippen LogP contribution in [0, 0.1) is 5.92 Å². The maximum Gasteiger partial charge on any atom is 0.391 e. The molecule has 0 radical (unpaired) electrons. The molecule has 1 aliphatic carbocycles. The largest absolute Gasteiger partial charge is 0.474 e. The molecule has 0 bridgehead atoms. The molecule has 0 amide bonds. The zero-order valence-electron chi connectivity index (χ0n) is 7.40. The van der Waals surface area contributed by atoms with E-state index in [-0.39, 0.29) is 12.0 Å². The van der Waals surface area contributed by atoms with Gasteiger partial charge in [-0.3, -0.25) is 0 Å². The number of nitrogens with zero attached hydrogens (tertiary/aromatic N) is 1. The van der Waals surface area contributed by atoms with Gasteiger partial charge in [-0.1, -0.05) is 12.8 Å². The van der Waals surface area contributed by atoms with Crippen molar-refractivity contribution < 1.29 is 14.6 Å². The van der Waals surface area contributed by atoms with Gasteiger partial charge in [-0.25, -0.2) is 9.79 Å². The van der Waals surface area contributed by atoms with Gasteiger partial charge in [0.05, 0.1) is 6.54 Å². The fraction of sp³-hybridized carbons (Fsp3) is 0.778. The van der Waals surface area contributed by atoms with Crippen LogP contribution in [0.25, 0.3) is 0 Å². The van der Waals surface area contributed by atoms with Gasteiger partial charge in [-0.05, 0) is 18.8 Å². The van der Waals surface area contributed by atoms with E-state index in [0.717, 1.165) is 12.8 Å². The Morgan fingerprint density at radius 3 is 2.69 bits per heavy atom. The lowest BCUT2D eigenvalue weighted by molar-refractivity contribution is -0.131. The molecule has 13 heavy (non-hydrogen) atoms. The van der Waals surface area contributed by atoms with Crippen LogP contribution < -0.4 is 0 Å². The molecule has 72 valence electrons. The Balaban J connectivity index is 1.90. The Morgan fingerprint density at radius 2 is 2.15 bits per heavy atom. The quantitative estimate of drug-likeness (QED) is 0.696. The van der Waals surface area contributed by atoms with Crippen molar-refractivity contribution in [2.24, 2.45) is 10.9 Å². The average molecular weight is 183 g/mol. The molecule has 0 aromatic heterocycles. The van der Waals surface area contributed by atoms with Crippen molar-refractivity contribution in [3.05, 3.63) is 0 Å². The Bertz CT molecular complexity index is 243. The third-order valence-electron chi connectivity index (χ3n) is 2.79. The van der Waals surface area contributed by atoms with E-state index in [1.165, 1.54) is 12.8 Å². The van der Waals surface area contributed by atoms with Gasteiger partial charge < -0.3 is 9.84 Å². The Labute approximate surface area is 76.6 Å². The highest BCUT2D eigenvalue weighted by Gasteiger charge is 2.32. The van der Waals surface area contributed by atoms with Crippen molar-refractivity contribution in [2.45, 2.75) is 31.8 Å². The first kappa shape index (κ1) is 8.53. The van der Waals surface area contributed by atoms with Crippen LogP contribution in [-0.4, -0.2) is 29.6 Å². The Hall–Kier alpha value is -1.06. The number of carbonyl (C=O) groups is 1. The first-order valence-electron chi connectivity index (χ1n) is 4.72. The van der Waals surface area contributed by atoms with Crippen LogP contribution in [0.3, 0.4) is 0 Å². The number of hydrogen-bond acceptors (Lipinski definition) is 3. The summed E-state index contributed by atoms with van der Waals surface area (Å²) in [7, 11) is 0. The standard InChI is InChI=1S/C9H13NO3/c11-9(12)8-10-5-7(13-8)6-3-1-2-4-6/h6-7H,1-5H2,(H,11,12). The predicted molar refractivity (Wildman–Crippen MR) is 46.8 cm³/mol. The number of hydrogen-bond donors (Lipinski definition) is 1. The van der Waals surface area contributed by atoms with Crippen molar-refractivity contribution in [1.29, 1.82) is 0 Å². The highest BCUT2D eigenvalue weighted by molar-refractivity contribution is 6.32. The zero-order chi connectivity index (χ0) is 9.26. The molecule has 1 fully saturated rings. The second-order valence-electron chi connectivity index (χ2n) is 3.65. The highest BCUT2D eigenvalue weighted by Crippen LogP contribution is 2.31. The van der Waals surface area contributed by atoms with Crippen LogP contribution in [0.15, 0.2) is 4.99 Å². The molecule has 0 aromatic rings. The minimum absolute atomic E-state index is 0.0357. The van der Waals surface area contributed by atoms with Crippen LogP contribution >= 0.6 is 0 Å². The van der Waals surface area contributed by atoms with Gasteiger partial charge in [0.2, 0.25) is 0 Å². The minimum Gasteiger partial charge on any atom is -0.474 e. The maximum absolute atomic E-state index is 10.5. The fourth-order valence-corrected chi connectivity index (χ4v) is 2.08. The van der Waals surface area contributed by atoms with Gasteiger partial charge in [-0.2, -0.15) is 0 Å². The van der Waals surface area contributed by atoms with Crippen LogP contribution in [0.4, 0.5) is 0 Å². The molecular formula is C9H13NO3. The molecule has 1 saturated carbocycles. The third-order valence-corrected chi connectivity index (χ3v) is 2.79. The number of carboxylic acid groups (broad SMARTS) is 1.